The Balaban J connectivity index is 2.75. The molecule has 0 aliphatic carbocycles. The van der Waals surface area contributed by atoms with Gasteiger partial charge in [-0.2, -0.15) is 0 Å². The molecule has 0 amide bonds. The first-order valence-electron chi connectivity index (χ1n) is 2.36. The Morgan fingerprint density at radius 1 is 1.83 bits per heavy atom. The van der Waals surface area contributed by atoms with Crippen LogP contribution in [0.1, 0.15) is 6.92 Å². The topological polar surface area (TPSA) is 3.24 Å². The van der Waals surface area contributed by atoms with Gasteiger partial charge in [0.1, 0.15) is 0 Å². The number of hydrogen-bond acceptors (Lipinski definition) is 1. The van der Waals surface area contributed by atoms with Crippen LogP contribution in [-0.2, 0) is 0 Å². The molecule has 2 heteroatoms. The van der Waals surface area contributed by atoms with E-state index in [0.29, 0.717) is 0 Å². The lowest BCUT2D eigenvalue weighted by Gasteiger charge is -2.06. The van der Waals surface area contributed by atoms with Crippen molar-refractivity contribution in [2.45, 2.75) is 13.5 Å². The van der Waals surface area contributed by atoms with Crippen molar-refractivity contribution in [3.63, 3.8) is 0 Å². The van der Waals surface area contributed by atoms with Gasteiger partial charge in [-0.1, -0.05) is 13.5 Å². The highest BCUT2D eigenvalue weighted by Gasteiger charge is 1.83. The minimum Gasteiger partial charge on any atom is -0.328 e. The molecule has 0 N–H and O–H groups in total. The minimum atomic E-state index is 0.0606. The van der Waals surface area contributed by atoms with Crippen molar-refractivity contribution >= 4 is 9.68 Å². The van der Waals surface area contributed by atoms with Gasteiger partial charge in [-0.15, -0.1) is 0 Å². The summed E-state index contributed by atoms with van der Waals surface area (Å²) in [5.41, 5.74) is 0. The Kier molecular flexibility index (Phi) is 3.47. The van der Waals surface area contributed by atoms with Crippen LogP contribution in [0.25, 0.3) is 0 Å². The van der Waals surface area contributed by atoms with Crippen LogP contribution >= 0.6 is 0 Å². The van der Waals surface area contributed by atoms with Crippen LogP contribution in [0.5, 0.6) is 0 Å². The second-order valence-electron chi connectivity index (χ2n) is 1.30. The molecule has 0 saturated carbocycles. The molecule has 0 aromatic rings. The first-order chi connectivity index (χ1) is 2.81. The second-order valence-corrected chi connectivity index (χ2v) is 2.83. The molecule has 6 heavy (non-hydrogen) atoms. The molecule has 37 valence electrons. The zero-order chi connectivity index (χ0) is 4.99. The van der Waals surface area contributed by atoms with E-state index in [-0.39, 0.29) is 9.68 Å². The maximum atomic E-state index is 3.77. The fraction of sp³-hybridized carbons (Fsp3) is 0.750. The Labute approximate surface area is 42.2 Å². The molecule has 1 nitrogen and oxygen atoms in total. The highest BCUT2D eigenvalue weighted by molar-refractivity contribution is 6.29. The van der Waals surface area contributed by atoms with Crippen LogP contribution in [0.3, 0.4) is 0 Å². The largest absolute Gasteiger partial charge is 0.328 e. The van der Waals surface area contributed by atoms with Crippen molar-refractivity contribution in [1.82, 2.24) is 4.57 Å². The van der Waals surface area contributed by atoms with Crippen molar-refractivity contribution in [2.24, 2.45) is 0 Å². The van der Waals surface area contributed by atoms with Gasteiger partial charge < -0.3 is 4.57 Å². The molecule has 0 aliphatic heterocycles. The van der Waals surface area contributed by atoms with Gasteiger partial charge in [0.15, 0.2) is 0 Å². The van der Waals surface area contributed by atoms with E-state index in [1.54, 1.807) is 0 Å². The molecule has 0 aromatic heterocycles. The molecular formula is C4H12NSi. The molecule has 0 atom stereocenters. The van der Waals surface area contributed by atoms with E-state index < -0.39 is 0 Å². The molecule has 0 rings (SSSR count). The quantitative estimate of drug-likeness (QED) is 0.451. The van der Waals surface area contributed by atoms with Crippen molar-refractivity contribution in [3.05, 3.63) is 7.05 Å². The van der Waals surface area contributed by atoms with Gasteiger partial charge in [0.25, 0.3) is 0 Å². The standard InChI is InChI=1S/C4H12NSi/c1-4-5(2)6-3/h2,4,6H2,1,3H3. The van der Waals surface area contributed by atoms with Crippen LogP contribution < -0.4 is 0 Å². The van der Waals surface area contributed by atoms with E-state index in [9.17, 15) is 0 Å². The summed E-state index contributed by atoms with van der Waals surface area (Å²) in [6.45, 7) is 5.47. The van der Waals surface area contributed by atoms with E-state index in [2.05, 4.69) is 25.1 Å². The number of rotatable bonds is 2. The maximum absolute atomic E-state index is 3.77. The maximum Gasteiger partial charge on any atom is 0.0920 e. The van der Waals surface area contributed by atoms with Gasteiger partial charge in [0.05, 0.1) is 9.68 Å². The molecule has 0 spiro atoms. The van der Waals surface area contributed by atoms with Crippen LogP contribution in [-0.4, -0.2) is 20.8 Å². The SMILES string of the molecule is [CH2]N(CC)[SiH2]C. The van der Waals surface area contributed by atoms with Crippen LogP contribution in [0.15, 0.2) is 0 Å². The Morgan fingerprint density at radius 2 is 2.33 bits per heavy atom. The average molecular weight is 102 g/mol. The molecule has 0 bridgehead atoms. The smallest absolute Gasteiger partial charge is 0.0920 e. The third kappa shape index (κ3) is 2.42. The first-order valence-corrected chi connectivity index (χ1v) is 4.41. The normalized spacial score (nSPS) is 12.0. The van der Waals surface area contributed by atoms with E-state index in [0.717, 1.165) is 6.54 Å². The molecule has 0 aliphatic rings. The third-order valence-corrected chi connectivity index (χ3v) is 2.24. The summed E-state index contributed by atoms with van der Waals surface area (Å²) < 4.78 is 2.14. The summed E-state index contributed by atoms with van der Waals surface area (Å²) in [5, 5.41) is 0. The average Bonchev–Trinajstić information content (AvgIpc) is 1.65. The zero-order valence-corrected chi connectivity index (χ0v) is 5.98. The van der Waals surface area contributed by atoms with Crippen molar-refractivity contribution in [2.75, 3.05) is 6.54 Å². The predicted octanol–water partition coefficient (Wildman–Crippen LogP) is 0.232. The summed E-state index contributed by atoms with van der Waals surface area (Å²) in [6.07, 6.45) is 0. The molecule has 0 heterocycles. The minimum absolute atomic E-state index is 0.0606. The molecule has 0 unspecified atom stereocenters. The Bertz CT molecular complexity index is 26.7. The number of nitrogens with zero attached hydrogens (tertiary/aromatic N) is 1. The van der Waals surface area contributed by atoms with Gasteiger partial charge in [0.2, 0.25) is 0 Å². The van der Waals surface area contributed by atoms with Gasteiger partial charge in [0, 0.05) is 7.05 Å². The van der Waals surface area contributed by atoms with E-state index >= 15 is 0 Å². The summed E-state index contributed by atoms with van der Waals surface area (Å²) in [7, 11) is 3.83. The highest BCUT2D eigenvalue weighted by Crippen LogP contribution is 1.74. The Morgan fingerprint density at radius 3 is 2.33 bits per heavy atom. The fourth-order valence-corrected chi connectivity index (χ4v) is 0.671. The lowest BCUT2D eigenvalue weighted by molar-refractivity contribution is 0.620. The second kappa shape index (κ2) is 3.37. The van der Waals surface area contributed by atoms with Crippen LogP contribution in [0.4, 0.5) is 0 Å². The zero-order valence-electron chi connectivity index (χ0n) is 4.57. The summed E-state index contributed by atoms with van der Waals surface area (Å²) >= 11 is 0. The fourth-order valence-electron chi connectivity index (χ4n) is 0.224. The van der Waals surface area contributed by atoms with Crippen LogP contribution in [0.2, 0.25) is 6.55 Å². The molecule has 0 saturated heterocycles. The predicted molar refractivity (Wildman–Crippen MR) is 32.1 cm³/mol. The van der Waals surface area contributed by atoms with Gasteiger partial charge in [-0.3, -0.25) is 0 Å². The molecule has 0 aromatic carbocycles. The summed E-state index contributed by atoms with van der Waals surface area (Å²) in [6, 6.07) is 0. The van der Waals surface area contributed by atoms with Gasteiger partial charge in [-0.25, -0.2) is 0 Å². The summed E-state index contributed by atoms with van der Waals surface area (Å²) in [5.74, 6) is 0. The van der Waals surface area contributed by atoms with E-state index in [4.69, 9.17) is 0 Å². The van der Waals surface area contributed by atoms with Crippen molar-refractivity contribution in [1.29, 1.82) is 0 Å². The summed E-state index contributed by atoms with van der Waals surface area (Å²) in [4.78, 5) is 0. The van der Waals surface area contributed by atoms with E-state index in [1.165, 1.54) is 0 Å². The number of hydrogen-bond donors (Lipinski definition) is 0. The van der Waals surface area contributed by atoms with Crippen LogP contribution in [0, 0.1) is 7.05 Å². The van der Waals surface area contributed by atoms with E-state index in [1.807, 2.05) is 0 Å². The van der Waals surface area contributed by atoms with Crippen molar-refractivity contribution in [3.8, 4) is 0 Å². The first kappa shape index (κ1) is 6.18. The lowest BCUT2D eigenvalue weighted by atomic mass is 10.8. The molecular weight excluding hydrogens is 90.1 g/mol. The third-order valence-electron chi connectivity index (χ3n) is 0.894. The molecule has 0 fully saturated rings. The monoisotopic (exact) mass is 102 g/mol. The highest BCUT2D eigenvalue weighted by atomic mass is 28.2. The van der Waals surface area contributed by atoms with Crippen molar-refractivity contribution < 1.29 is 0 Å². The van der Waals surface area contributed by atoms with Gasteiger partial charge >= 0.3 is 0 Å². The Hall–Kier alpha value is 0.177. The lowest BCUT2D eigenvalue weighted by Crippen LogP contribution is -2.16. The molecule has 1 radical (unpaired) electrons. The van der Waals surface area contributed by atoms with Gasteiger partial charge in [-0.05, 0) is 6.54 Å².